The highest BCUT2D eigenvalue weighted by Crippen LogP contribution is 2.42. The van der Waals surface area contributed by atoms with Crippen LogP contribution in [0.3, 0.4) is 0 Å². The van der Waals surface area contributed by atoms with Crippen LogP contribution in [0.5, 0.6) is 0 Å². The zero-order valence-corrected chi connectivity index (χ0v) is 21.3. The average molecular weight is 499 g/mol. The molecule has 10 heteroatoms. The summed E-state index contributed by atoms with van der Waals surface area (Å²) in [6.45, 7) is 12.3. The Bertz CT molecular complexity index is 836. The Morgan fingerprint density at radius 2 is 1.51 bits per heavy atom. The molecule has 5 rings (SSSR count). The highest BCUT2D eigenvalue weighted by atomic mass is 16.8. The van der Waals surface area contributed by atoms with E-state index >= 15 is 0 Å². The van der Waals surface area contributed by atoms with E-state index in [0.717, 1.165) is 0 Å². The fourth-order valence-electron chi connectivity index (χ4n) is 5.16. The van der Waals surface area contributed by atoms with Gasteiger partial charge in [0.05, 0.1) is 25.6 Å². The zero-order valence-electron chi connectivity index (χ0n) is 21.3. The summed E-state index contributed by atoms with van der Waals surface area (Å²) < 4.78 is 53.5. The van der Waals surface area contributed by atoms with Gasteiger partial charge in [0.25, 0.3) is 0 Å². The molecule has 0 saturated carbocycles. The summed E-state index contributed by atoms with van der Waals surface area (Å²) in [4.78, 5) is 0. The molecule has 0 aliphatic carbocycles. The van der Waals surface area contributed by atoms with Crippen molar-refractivity contribution in [2.45, 2.75) is 114 Å². The Hall–Kier alpha value is -1.08. The maximum Gasteiger partial charge on any atom is 0.190 e. The molecule has 4 saturated heterocycles. The minimum atomic E-state index is -0.739. The number of allylic oxidation sites excluding steroid dienone is 1. The molecule has 0 aromatic rings. The molecule has 5 aliphatic rings. The van der Waals surface area contributed by atoms with E-state index < -0.39 is 35.9 Å². The molecule has 35 heavy (non-hydrogen) atoms. The second-order valence-corrected chi connectivity index (χ2v) is 11.0. The Morgan fingerprint density at radius 3 is 2.14 bits per heavy atom. The molecule has 0 amide bonds. The van der Waals surface area contributed by atoms with E-state index in [4.69, 9.17) is 42.6 Å². The highest BCUT2D eigenvalue weighted by molar-refractivity contribution is 5.13. The molecule has 0 spiro atoms. The molecule has 4 fully saturated rings. The van der Waals surface area contributed by atoms with Crippen LogP contribution in [0, 0.1) is 0 Å². The summed E-state index contributed by atoms with van der Waals surface area (Å²) in [5.41, 5.74) is 0. The van der Waals surface area contributed by atoms with Gasteiger partial charge in [-0.1, -0.05) is 12.2 Å². The monoisotopic (exact) mass is 498 g/mol. The van der Waals surface area contributed by atoms with Crippen LogP contribution in [0.2, 0.25) is 0 Å². The van der Waals surface area contributed by atoms with Crippen LogP contribution in [-0.2, 0) is 42.6 Å². The van der Waals surface area contributed by atoms with Crippen LogP contribution in [-0.4, -0.2) is 91.3 Å². The minimum Gasteiger partial charge on any atom is -0.489 e. The number of hydrogen-bond donors (Lipinski definition) is 1. The summed E-state index contributed by atoms with van der Waals surface area (Å²) >= 11 is 0. The van der Waals surface area contributed by atoms with Gasteiger partial charge in [-0.15, -0.1) is 0 Å². The molecule has 1 N–H and O–H groups in total. The summed E-state index contributed by atoms with van der Waals surface area (Å²) in [6, 6.07) is 0. The first kappa shape index (κ1) is 25.6. The normalized spacial score (nSPS) is 43.6. The SMILES string of the molecule is CC1(C)O[C@H]2O[C@H]([C@H]3COC(C)(C)O3)[C@H](OC/C=C/CC3=C[C@@H](O)[C@@H]([C@H]4COC(C)(C)O4)O3)[C@H]2O1. The predicted molar refractivity (Wildman–Crippen MR) is 121 cm³/mol. The van der Waals surface area contributed by atoms with Crippen LogP contribution < -0.4 is 0 Å². The lowest BCUT2D eigenvalue weighted by Gasteiger charge is -2.28. The minimum absolute atomic E-state index is 0.276. The van der Waals surface area contributed by atoms with Crippen LogP contribution in [0.25, 0.3) is 0 Å². The number of aliphatic hydroxyl groups excluding tert-OH is 1. The number of ether oxygens (including phenoxy) is 9. The van der Waals surface area contributed by atoms with Crippen LogP contribution >= 0.6 is 0 Å². The molecule has 0 aromatic carbocycles. The Labute approximate surface area is 206 Å². The van der Waals surface area contributed by atoms with Gasteiger partial charge in [0, 0.05) is 6.42 Å². The average Bonchev–Trinajstić information content (AvgIpc) is 3.52. The van der Waals surface area contributed by atoms with Gasteiger partial charge in [-0.25, -0.2) is 0 Å². The molecular formula is C25H38O10. The first-order chi connectivity index (χ1) is 16.4. The number of fused-ring (bicyclic) bond motifs is 1. The third kappa shape index (κ3) is 5.61. The smallest absolute Gasteiger partial charge is 0.190 e. The Balaban J connectivity index is 1.13. The lowest BCUT2D eigenvalue weighted by Crippen LogP contribution is -2.44. The quantitative estimate of drug-likeness (QED) is 0.525. The van der Waals surface area contributed by atoms with Crippen LogP contribution in [0.1, 0.15) is 48.0 Å². The molecule has 0 radical (unpaired) electrons. The first-order valence-electron chi connectivity index (χ1n) is 12.4. The molecule has 0 bridgehead atoms. The zero-order chi connectivity index (χ0) is 25.0. The van der Waals surface area contributed by atoms with E-state index in [2.05, 4.69) is 0 Å². The van der Waals surface area contributed by atoms with E-state index in [1.165, 1.54) is 0 Å². The number of rotatable bonds is 7. The molecule has 8 atom stereocenters. The molecule has 5 aliphatic heterocycles. The summed E-state index contributed by atoms with van der Waals surface area (Å²) in [5, 5.41) is 10.4. The molecule has 5 heterocycles. The van der Waals surface area contributed by atoms with E-state index in [1.54, 1.807) is 6.08 Å². The van der Waals surface area contributed by atoms with Crippen molar-refractivity contribution in [3.63, 3.8) is 0 Å². The van der Waals surface area contributed by atoms with Crippen molar-refractivity contribution in [1.29, 1.82) is 0 Å². The van der Waals surface area contributed by atoms with Gasteiger partial charge in [-0.3, -0.25) is 0 Å². The highest BCUT2D eigenvalue weighted by Gasteiger charge is 2.58. The largest absolute Gasteiger partial charge is 0.489 e. The van der Waals surface area contributed by atoms with Crippen molar-refractivity contribution in [1.82, 2.24) is 0 Å². The van der Waals surface area contributed by atoms with E-state index in [1.807, 2.05) is 53.7 Å². The fourth-order valence-corrected chi connectivity index (χ4v) is 5.16. The van der Waals surface area contributed by atoms with Crippen LogP contribution in [0.15, 0.2) is 24.0 Å². The standard InChI is InChI=1S/C25H38O10/c1-23(2)28-12-16(32-23)18-15(26)11-14(30-18)9-7-8-10-27-20-19(17-13-29-24(3,4)33-17)31-22-21(20)34-25(5,6)35-22/h7-8,11,15-22,26H,9-10,12-13H2,1-6H3/b8-7+/t15-,16-,17-,18+,19-,20+,21-,22-/m1/s1. The van der Waals surface area contributed by atoms with Crippen LogP contribution in [0.4, 0.5) is 0 Å². The molecule has 10 nitrogen and oxygen atoms in total. The molecular weight excluding hydrogens is 460 g/mol. The molecule has 0 unspecified atom stereocenters. The van der Waals surface area contributed by atoms with Crippen molar-refractivity contribution in [3.05, 3.63) is 24.0 Å². The van der Waals surface area contributed by atoms with Crippen molar-refractivity contribution in [2.75, 3.05) is 19.8 Å². The van der Waals surface area contributed by atoms with Gasteiger partial charge in [0.15, 0.2) is 29.8 Å². The third-order valence-electron chi connectivity index (χ3n) is 6.67. The van der Waals surface area contributed by atoms with Gasteiger partial charge in [0.2, 0.25) is 0 Å². The van der Waals surface area contributed by atoms with Crippen molar-refractivity contribution in [3.8, 4) is 0 Å². The number of hydrogen-bond acceptors (Lipinski definition) is 10. The lowest BCUT2D eigenvalue weighted by molar-refractivity contribution is -0.235. The maximum absolute atomic E-state index is 10.4. The van der Waals surface area contributed by atoms with E-state index in [-0.39, 0.29) is 30.5 Å². The van der Waals surface area contributed by atoms with Gasteiger partial charge in [0.1, 0.15) is 36.6 Å². The second kappa shape index (κ2) is 9.34. The summed E-state index contributed by atoms with van der Waals surface area (Å²) in [7, 11) is 0. The van der Waals surface area contributed by atoms with E-state index in [9.17, 15) is 5.11 Å². The molecule has 0 aromatic heterocycles. The van der Waals surface area contributed by atoms with Gasteiger partial charge in [-0.2, -0.15) is 0 Å². The Kier molecular flexibility index (Phi) is 6.82. The van der Waals surface area contributed by atoms with Gasteiger partial charge in [-0.05, 0) is 47.6 Å². The fraction of sp³-hybridized carbons (Fsp3) is 0.840. The summed E-state index contributed by atoms with van der Waals surface area (Å²) in [6.07, 6.45) is 2.74. The molecule has 198 valence electrons. The van der Waals surface area contributed by atoms with Gasteiger partial charge < -0.3 is 47.7 Å². The van der Waals surface area contributed by atoms with E-state index in [0.29, 0.717) is 32.0 Å². The van der Waals surface area contributed by atoms with Gasteiger partial charge >= 0.3 is 0 Å². The van der Waals surface area contributed by atoms with Crippen molar-refractivity contribution >= 4 is 0 Å². The Morgan fingerprint density at radius 1 is 0.857 bits per heavy atom. The maximum atomic E-state index is 10.4. The topological polar surface area (TPSA) is 103 Å². The lowest BCUT2D eigenvalue weighted by atomic mass is 10.1. The summed E-state index contributed by atoms with van der Waals surface area (Å²) in [5.74, 6) is -1.37. The second-order valence-electron chi connectivity index (χ2n) is 11.0. The van der Waals surface area contributed by atoms with Crippen molar-refractivity contribution < 1.29 is 47.7 Å². The first-order valence-corrected chi connectivity index (χ1v) is 12.4. The number of aliphatic hydroxyl groups is 1. The van der Waals surface area contributed by atoms with Crippen molar-refractivity contribution in [2.24, 2.45) is 0 Å². The predicted octanol–water partition coefficient (Wildman–Crippen LogP) is 2.14. The third-order valence-corrected chi connectivity index (χ3v) is 6.67.